The van der Waals surface area contributed by atoms with Gasteiger partial charge in [0.2, 0.25) is 0 Å². The fourth-order valence-electron chi connectivity index (χ4n) is 1.09. The first-order valence-electron chi connectivity index (χ1n) is 3.74. The van der Waals surface area contributed by atoms with E-state index in [0.29, 0.717) is 10.7 Å². The van der Waals surface area contributed by atoms with E-state index in [4.69, 9.17) is 5.11 Å². The molecule has 6 nitrogen and oxygen atoms in total. The number of carboxylic acid groups (broad SMARTS) is 1. The van der Waals surface area contributed by atoms with Gasteiger partial charge in [0.1, 0.15) is 23.2 Å². The number of carboxylic acids is 1. The molecule has 2 aromatic rings. The second kappa shape index (κ2) is 3.18. The molecular weight excluding hydrogens is 204 g/mol. The molecule has 0 spiro atoms. The van der Waals surface area contributed by atoms with Gasteiger partial charge in [-0.2, -0.15) is 4.37 Å². The molecule has 0 radical (unpaired) electrons. The zero-order chi connectivity index (χ0) is 10.1. The monoisotopic (exact) mass is 210 g/mol. The lowest BCUT2D eigenvalue weighted by Gasteiger charge is -1.97. The van der Waals surface area contributed by atoms with E-state index < -0.39 is 5.97 Å². The van der Waals surface area contributed by atoms with E-state index in [-0.39, 0.29) is 5.56 Å². The summed E-state index contributed by atoms with van der Waals surface area (Å²) in [6.07, 6.45) is 2.89. The van der Waals surface area contributed by atoms with Gasteiger partial charge in [-0.3, -0.25) is 4.57 Å². The van der Waals surface area contributed by atoms with E-state index in [2.05, 4.69) is 14.6 Å². The van der Waals surface area contributed by atoms with Crippen molar-refractivity contribution in [2.75, 3.05) is 0 Å². The van der Waals surface area contributed by atoms with Crippen LogP contribution >= 0.6 is 11.5 Å². The molecule has 1 N–H and O–H groups in total. The Hall–Kier alpha value is -1.76. The van der Waals surface area contributed by atoms with Gasteiger partial charge in [-0.1, -0.05) is 0 Å². The highest BCUT2D eigenvalue weighted by Crippen LogP contribution is 2.22. The first-order chi connectivity index (χ1) is 6.70. The van der Waals surface area contributed by atoms with E-state index >= 15 is 0 Å². The third kappa shape index (κ3) is 1.27. The maximum Gasteiger partial charge on any atom is 0.340 e. The fraction of sp³-hybridized carbons (Fsp3) is 0.143. The third-order valence-corrected chi connectivity index (χ3v) is 2.66. The summed E-state index contributed by atoms with van der Waals surface area (Å²) in [6, 6.07) is 0. The molecule has 14 heavy (non-hydrogen) atoms. The van der Waals surface area contributed by atoms with E-state index in [1.807, 2.05) is 0 Å². The second-order valence-electron chi connectivity index (χ2n) is 2.62. The van der Waals surface area contributed by atoms with Crippen LogP contribution in [0.15, 0.2) is 12.7 Å². The van der Waals surface area contributed by atoms with Crippen LogP contribution in [0.1, 0.15) is 16.1 Å². The van der Waals surface area contributed by atoms with Gasteiger partial charge in [-0.15, -0.1) is 10.2 Å². The number of aromatic nitrogens is 4. The summed E-state index contributed by atoms with van der Waals surface area (Å²) >= 11 is 1.11. The number of aromatic carboxylic acids is 1. The van der Waals surface area contributed by atoms with E-state index in [9.17, 15) is 4.79 Å². The molecule has 0 aliphatic carbocycles. The molecule has 0 aliphatic heterocycles. The third-order valence-electron chi connectivity index (χ3n) is 1.71. The van der Waals surface area contributed by atoms with Gasteiger partial charge in [0.05, 0.1) is 5.69 Å². The molecule has 0 saturated heterocycles. The number of nitrogens with zero attached hydrogens (tertiary/aromatic N) is 4. The molecule has 7 heteroatoms. The van der Waals surface area contributed by atoms with Crippen LogP contribution in [-0.4, -0.2) is 30.2 Å². The van der Waals surface area contributed by atoms with Gasteiger partial charge in [0.25, 0.3) is 0 Å². The van der Waals surface area contributed by atoms with Crippen molar-refractivity contribution in [2.45, 2.75) is 6.92 Å². The highest BCUT2D eigenvalue weighted by Gasteiger charge is 2.18. The molecule has 0 atom stereocenters. The highest BCUT2D eigenvalue weighted by atomic mass is 32.1. The normalized spacial score (nSPS) is 10.4. The van der Waals surface area contributed by atoms with Crippen LogP contribution in [0, 0.1) is 6.92 Å². The zero-order valence-corrected chi connectivity index (χ0v) is 8.02. The summed E-state index contributed by atoms with van der Waals surface area (Å²) in [4.78, 5) is 10.9. The number of hydrogen-bond acceptors (Lipinski definition) is 5. The molecule has 0 aromatic carbocycles. The molecule has 0 aliphatic rings. The summed E-state index contributed by atoms with van der Waals surface area (Å²) < 4.78 is 5.51. The minimum absolute atomic E-state index is 0.204. The van der Waals surface area contributed by atoms with Crippen molar-refractivity contribution in [3.63, 3.8) is 0 Å². The van der Waals surface area contributed by atoms with E-state index in [0.717, 1.165) is 11.5 Å². The summed E-state index contributed by atoms with van der Waals surface area (Å²) in [6.45, 7) is 1.66. The Kier molecular flexibility index (Phi) is 2.01. The molecule has 72 valence electrons. The van der Waals surface area contributed by atoms with Crippen LogP contribution in [0.3, 0.4) is 0 Å². The highest BCUT2D eigenvalue weighted by molar-refractivity contribution is 7.09. The SMILES string of the molecule is Cc1nsc(-n2cnnc2)c1C(=O)O. The van der Waals surface area contributed by atoms with Crippen molar-refractivity contribution in [1.29, 1.82) is 0 Å². The smallest absolute Gasteiger partial charge is 0.340 e. The Labute approximate surface area is 83.0 Å². The largest absolute Gasteiger partial charge is 0.478 e. The average molecular weight is 210 g/mol. The Balaban J connectivity index is 2.60. The minimum Gasteiger partial charge on any atom is -0.478 e. The van der Waals surface area contributed by atoms with Gasteiger partial charge in [-0.05, 0) is 18.5 Å². The summed E-state index contributed by atoms with van der Waals surface area (Å²) in [7, 11) is 0. The average Bonchev–Trinajstić information content (AvgIpc) is 2.70. The van der Waals surface area contributed by atoms with Gasteiger partial charge in [0, 0.05) is 0 Å². The predicted octanol–water partition coefficient (Wildman–Crippen LogP) is 0.730. The molecule has 2 rings (SSSR count). The molecule has 2 aromatic heterocycles. The molecular formula is C7H6N4O2S. The summed E-state index contributed by atoms with van der Waals surface area (Å²) in [5.74, 6) is -0.986. The van der Waals surface area contributed by atoms with Crippen LogP contribution in [0.2, 0.25) is 0 Å². The Bertz CT molecular complexity index is 462. The first kappa shape index (κ1) is 8.82. The van der Waals surface area contributed by atoms with Crippen molar-refractivity contribution in [3.05, 3.63) is 23.9 Å². The Morgan fingerprint density at radius 2 is 2.14 bits per heavy atom. The lowest BCUT2D eigenvalue weighted by Crippen LogP contribution is -2.02. The Morgan fingerprint density at radius 1 is 1.50 bits per heavy atom. The van der Waals surface area contributed by atoms with E-state index in [1.165, 1.54) is 17.2 Å². The molecule has 0 saturated carbocycles. The van der Waals surface area contributed by atoms with Crippen LogP contribution in [0.5, 0.6) is 0 Å². The van der Waals surface area contributed by atoms with Crippen molar-refractivity contribution < 1.29 is 9.90 Å². The van der Waals surface area contributed by atoms with Crippen LogP contribution in [0.25, 0.3) is 5.00 Å². The van der Waals surface area contributed by atoms with Gasteiger partial charge < -0.3 is 5.11 Å². The maximum atomic E-state index is 10.9. The maximum absolute atomic E-state index is 10.9. The van der Waals surface area contributed by atoms with Crippen molar-refractivity contribution in [3.8, 4) is 5.00 Å². The predicted molar refractivity (Wildman–Crippen MR) is 48.7 cm³/mol. The lowest BCUT2D eigenvalue weighted by molar-refractivity contribution is 0.0696. The molecule has 0 fully saturated rings. The second-order valence-corrected chi connectivity index (χ2v) is 3.37. The van der Waals surface area contributed by atoms with Crippen LogP contribution in [0.4, 0.5) is 0 Å². The van der Waals surface area contributed by atoms with E-state index in [1.54, 1.807) is 6.92 Å². The van der Waals surface area contributed by atoms with Gasteiger partial charge >= 0.3 is 5.97 Å². The summed E-state index contributed by atoms with van der Waals surface area (Å²) in [5, 5.41) is 16.7. The number of carbonyl (C=O) groups is 1. The standard InChI is InChI=1S/C7H6N4O2S/c1-4-5(7(12)13)6(14-10-4)11-2-8-9-3-11/h2-3H,1H3,(H,12,13). The lowest BCUT2D eigenvalue weighted by atomic mass is 10.2. The van der Waals surface area contributed by atoms with Crippen molar-refractivity contribution in [2.24, 2.45) is 0 Å². The quantitative estimate of drug-likeness (QED) is 0.790. The molecule has 0 amide bonds. The molecule has 0 bridgehead atoms. The fourth-order valence-corrected chi connectivity index (χ4v) is 1.92. The van der Waals surface area contributed by atoms with Crippen LogP contribution < -0.4 is 0 Å². The molecule has 0 unspecified atom stereocenters. The van der Waals surface area contributed by atoms with Crippen molar-refractivity contribution in [1.82, 2.24) is 19.1 Å². The van der Waals surface area contributed by atoms with Gasteiger partial charge in [0.15, 0.2) is 0 Å². The topological polar surface area (TPSA) is 80.9 Å². The van der Waals surface area contributed by atoms with Crippen LogP contribution in [-0.2, 0) is 0 Å². The first-order valence-corrected chi connectivity index (χ1v) is 4.52. The zero-order valence-electron chi connectivity index (χ0n) is 7.21. The molecule has 2 heterocycles. The minimum atomic E-state index is -0.986. The van der Waals surface area contributed by atoms with Gasteiger partial charge in [-0.25, -0.2) is 4.79 Å². The summed E-state index contributed by atoms with van der Waals surface area (Å²) in [5.41, 5.74) is 0.709. The van der Waals surface area contributed by atoms with Crippen molar-refractivity contribution >= 4 is 17.5 Å². The number of hydrogen-bond donors (Lipinski definition) is 1. The number of aryl methyl sites for hydroxylation is 1. The number of rotatable bonds is 2. The Morgan fingerprint density at radius 3 is 2.71 bits per heavy atom.